The number of hydrogen-bond acceptors (Lipinski definition) is 3. The van der Waals surface area contributed by atoms with Gasteiger partial charge in [0.2, 0.25) is 0 Å². The Kier molecular flexibility index (Phi) is 9.34. The van der Waals surface area contributed by atoms with Gasteiger partial charge in [-0.1, -0.05) is 78.9 Å². The first kappa shape index (κ1) is 29.1. The van der Waals surface area contributed by atoms with Gasteiger partial charge >= 0.3 is 0 Å². The molecule has 5 rings (SSSR count). The number of benzene rings is 5. The highest BCUT2D eigenvalue weighted by atomic mass is 31.2. The summed E-state index contributed by atoms with van der Waals surface area (Å²) in [4.78, 5) is 0. The van der Waals surface area contributed by atoms with Gasteiger partial charge in [0.15, 0.2) is 0 Å². The normalized spacial score (nSPS) is 11.2. The van der Waals surface area contributed by atoms with Crippen molar-refractivity contribution in [2.24, 2.45) is 0 Å². The quantitative estimate of drug-likeness (QED) is 0.109. The Bertz CT molecular complexity index is 1550. The summed E-state index contributed by atoms with van der Waals surface area (Å²) in [6.45, 7) is 8.23. The van der Waals surface area contributed by atoms with Crippen molar-refractivity contribution in [3.05, 3.63) is 163 Å². The van der Waals surface area contributed by atoms with Gasteiger partial charge < -0.3 is 10.2 Å². The van der Waals surface area contributed by atoms with Crippen molar-refractivity contribution in [1.82, 2.24) is 5.32 Å². The lowest BCUT2D eigenvalue weighted by atomic mass is 9.94. The minimum atomic E-state index is -2.08. The molecule has 210 valence electrons. The maximum absolute atomic E-state index is 11.6. The molecule has 0 aromatic heterocycles. The van der Waals surface area contributed by atoms with Gasteiger partial charge in [0.25, 0.3) is 0 Å². The van der Waals surface area contributed by atoms with E-state index in [4.69, 9.17) is 0 Å². The predicted octanol–water partition coefficient (Wildman–Crippen LogP) is 7.26. The van der Waals surface area contributed by atoms with E-state index in [0.29, 0.717) is 36.8 Å². The lowest BCUT2D eigenvalue weighted by Gasteiger charge is -2.28. The molecule has 0 fully saturated rings. The number of phenols is 2. The molecular formula is C38H37NO2P+. The van der Waals surface area contributed by atoms with Gasteiger partial charge in [-0.3, -0.25) is 5.32 Å². The summed E-state index contributed by atoms with van der Waals surface area (Å²) in [7, 11) is -2.08. The molecule has 42 heavy (non-hydrogen) atoms. The molecule has 0 aliphatic carbocycles. The Balaban J connectivity index is 1.56. The minimum Gasteiger partial charge on any atom is -0.507 e. The third kappa shape index (κ3) is 6.09. The molecule has 0 aliphatic rings. The van der Waals surface area contributed by atoms with Crippen LogP contribution in [0.4, 0.5) is 0 Å². The zero-order chi connectivity index (χ0) is 29.4. The highest BCUT2D eigenvalue weighted by Crippen LogP contribution is 2.54. The van der Waals surface area contributed by atoms with E-state index in [1.54, 1.807) is 6.07 Å². The Labute approximate surface area is 249 Å². The van der Waals surface area contributed by atoms with Crippen molar-refractivity contribution in [2.75, 3.05) is 6.29 Å². The number of nitrogens with one attached hydrogen (secondary N) is 1. The smallest absolute Gasteiger partial charge is 0.128 e. The second kappa shape index (κ2) is 13.5. The number of phenolic OH excluding ortho intramolecular Hbond substituents is 2. The summed E-state index contributed by atoms with van der Waals surface area (Å²) in [6, 6.07) is 41.7. The van der Waals surface area contributed by atoms with Crippen molar-refractivity contribution in [3.63, 3.8) is 0 Å². The first-order valence-electron chi connectivity index (χ1n) is 14.2. The van der Waals surface area contributed by atoms with Crippen LogP contribution in [-0.4, -0.2) is 16.5 Å². The largest absolute Gasteiger partial charge is 0.507 e. The molecule has 3 N–H and O–H groups in total. The number of hydrogen-bond donors (Lipinski definition) is 3. The molecule has 0 atom stereocenters. The summed E-state index contributed by atoms with van der Waals surface area (Å²) >= 11 is 0. The molecule has 5 aromatic rings. The van der Waals surface area contributed by atoms with Crippen LogP contribution in [0, 0.1) is 0 Å². The summed E-state index contributed by atoms with van der Waals surface area (Å²) in [6.07, 6.45) is 5.74. The highest BCUT2D eigenvalue weighted by Gasteiger charge is 2.45. The van der Waals surface area contributed by atoms with Gasteiger partial charge in [0, 0.05) is 23.2 Å². The molecule has 0 unspecified atom stereocenters. The lowest BCUT2D eigenvalue weighted by molar-refractivity contribution is 0.463. The number of aromatic hydroxyl groups is 2. The molecule has 0 bridgehead atoms. The van der Waals surface area contributed by atoms with Crippen molar-refractivity contribution in [3.8, 4) is 22.6 Å². The molecular weight excluding hydrogens is 533 g/mol. The Morgan fingerprint density at radius 1 is 0.595 bits per heavy atom. The molecule has 0 saturated carbocycles. The van der Waals surface area contributed by atoms with Gasteiger partial charge in [-0.2, -0.15) is 0 Å². The van der Waals surface area contributed by atoms with Crippen LogP contribution < -0.4 is 21.2 Å². The summed E-state index contributed by atoms with van der Waals surface area (Å²) in [5.41, 5.74) is 4.06. The van der Waals surface area contributed by atoms with E-state index >= 15 is 0 Å². The van der Waals surface area contributed by atoms with Crippen LogP contribution >= 0.6 is 7.26 Å². The third-order valence-corrected chi connectivity index (χ3v) is 11.9. The van der Waals surface area contributed by atoms with Crippen LogP contribution in [0.2, 0.25) is 0 Å². The van der Waals surface area contributed by atoms with Crippen LogP contribution in [0.25, 0.3) is 11.1 Å². The van der Waals surface area contributed by atoms with E-state index in [1.807, 2.05) is 36.4 Å². The topological polar surface area (TPSA) is 52.5 Å². The molecule has 0 aliphatic heterocycles. The average Bonchev–Trinajstić information content (AvgIpc) is 3.03. The lowest BCUT2D eigenvalue weighted by Crippen LogP contribution is -2.37. The van der Waals surface area contributed by atoms with Crippen LogP contribution in [-0.2, 0) is 19.4 Å². The summed E-state index contributed by atoms with van der Waals surface area (Å²) in [5, 5.41) is 30.0. The fraction of sp³-hybridized carbons (Fsp3) is 0.105. The maximum atomic E-state index is 11.6. The molecule has 0 saturated heterocycles. The second-order valence-corrected chi connectivity index (χ2v) is 13.9. The van der Waals surface area contributed by atoms with Gasteiger partial charge in [-0.25, -0.2) is 0 Å². The van der Waals surface area contributed by atoms with E-state index in [0.717, 1.165) is 16.7 Å². The Morgan fingerprint density at radius 3 is 1.62 bits per heavy atom. The fourth-order valence-electron chi connectivity index (χ4n) is 5.60. The fourth-order valence-corrected chi connectivity index (χ4v) is 9.54. The number of allylic oxidation sites excluding steroid dienone is 2. The molecule has 3 nitrogen and oxygen atoms in total. The second-order valence-electron chi connectivity index (χ2n) is 10.4. The van der Waals surface area contributed by atoms with Crippen LogP contribution in [0.15, 0.2) is 147 Å². The summed E-state index contributed by atoms with van der Waals surface area (Å²) in [5.74, 6) is 0.305. The zero-order valence-corrected chi connectivity index (χ0v) is 24.7. The monoisotopic (exact) mass is 570 g/mol. The SMILES string of the molecule is C=CCc1ccc(O)c(-c2cc(CC=C)cc(CNC[P+](c3ccccc3)(c3ccccc3)c3ccccc3)c2O)c1. The van der Waals surface area contributed by atoms with Crippen LogP contribution in [0.3, 0.4) is 0 Å². The van der Waals surface area contributed by atoms with Crippen molar-refractivity contribution >= 4 is 23.2 Å². The molecule has 5 aromatic carbocycles. The number of rotatable bonds is 12. The predicted molar refractivity (Wildman–Crippen MR) is 180 cm³/mol. The molecule has 4 heteroatoms. The van der Waals surface area contributed by atoms with E-state index < -0.39 is 7.26 Å². The van der Waals surface area contributed by atoms with E-state index in [9.17, 15) is 10.2 Å². The first-order valence-corrected chi connectivity index (χ1v) is 16.2. The Morgan fingerprint density at radius 2 is 1.10 bits per heavy atom. The van der Waals surface area contributed by atoms with E-state index in [-0.39, 0.29) is 11.5 Å². The van der Waals surface area contributed by atoms with Crippen molar-refractivity contribution in [1.29, 1.82) is 0 Å². The van der Waals surface area contributed by atoms with Crippen LogP contribution in [0.5, 0.6) is 11.5 Å². The van der Waals surface area contributed by atoms with Gasteiger partial charge in [-0.15, -0.1) is 13.2 Å². The molecule has 0 heterocycles. The van der Waals surface area contributed by atoms with E-state index in [2.05, 4.69) is 109 Å². The Hall–Kier alpha value is -4.43. The zero-order valence-electron chi connectivity index (χ0n) is 23.8. The van der Waals surface area contributed by atoms with E-state index in [1.165, 1.54) is 15.9 Å². The highest BCUT2D eigenvalue weighted by molar-refractivity contribution is 7.95. The van der Waals surface area contributed by atoms with Crippen LogP contribution in [0.1, 0.15) is 16.7 Å². The first-order chi connectivity index (χ1) is 20.6. The molecule has 0 spiro atoms. The summed E-state index contributed by atoms with van der Waals surface area (Å²) < 4.78 is 0. The molecule has 0 radical (unpaired) electrons. The third-order valence-electron chi connectivity index (χ3n) is 7.62. The average molecular weight is 571 g/mol. The van der Waals surface area contributed by atoms with Gasteiger partial charge in [0.1, 0.15) is 41.0 Å². The minimum absolute atomic E-state index is 0.134. The van der Waals surface area contributed by atoms with Gasteiger partial charge in [-0.05, 0) is 78.6 Å². The molecule has 0 amide bonds. The van der Waals surface area contributed by atoms with Gasteiger partial charge in [0.05, 0.1) is 0 Å². The standard InChI is InChI=1S/C38H36NO2P/c1-3-14-29-22-23-37(40)35(25-29)36-26-30(15-4-2)24-31(38(36)41)27-39-28-42(32-16-8-5-9-17-32,33-18-10-6-11-19-33)34-20-12-7-13-21-34/h3-13,16-26,39H,1-2,14-15,27-28H2,(H-,40,41)/p+1. The maximum Gasteiger partial charge on any atom is 0.128 e. The van der Waals surface area contributed by atoms with Crippen molar-refractivity contribution in [2.45, 2.75) is 19.4 Å². The van der Waals surface area contributed by atoms with Crippen molar-refractivity contribution < 1.29 is 10.2 Å².